The van der Waals surface area contributed by atoms with E-state index in [1.54, 1.807) is 32.6 Å². The number of hydrogen-bond acceptors (Lipinski definition) is 6. The Kier molecular flexibility index (Phi) is 5.70. The van der Waals surface area contributed by atoms with Crippen LogP contribution in [0.15, 0.2) is 16.6 Å². The van der Waals surface area contributed by atoms with E-state index in [1.807, 2.05) is 0 Å². The third-order valence-corrected chi connectivity index (χ3v) is 4.95. The molecule has 1 amide bonds. The van der Waals surface area contributed by atoms with Crippen LogP contribution in [0.1, 0.15) is 27.7 Å². The van der Waals surface area contributed by atoms with Crippen molar-refractivity contribution in [1.82, 2.24) is 14.9 Å². The maximum absolute atomic E-state index is 14.1. The molecule has 0 spiro atoms. The van der Waals surface area contributed by atoms with E-state index < -0.39 is 29.2 Å². The van der Waals surface area contributed by atoms with Gasteiger partial charge in [-0.1, -0.05) is 0 Å². The van der Waals surface area contributed by atoms with Crippen molar-refractivity contribution in [1.29, 1.82) is 0 Å². The molecule has 1 atom stereocenters. The van der Waals surface area contributed by atoms with Gasteiger partial charge in [-0.2, -0.15) is 9.37 Å². The molecule has 2 aromatic rings. The summed E-state index contributed by atoms with van der Waals surface area (Å²) in [7, 11) is 0. The van der Waals surface area contributed by atoms with Crippen LogP contribution in [0.2, 0.25) is 0 Å². The maximum Gasteiger partial charge on any atom is 0.410 e. The number of halogens is 3. The van der Waals surface area contributed by atoms with Gasteiger partial charge in [-0.05, 0) is 55.8 Å². The number of hydrogen-bond donors (Lipinski definition) is 1. The van der Waals surface area contributed by atoms with Crippen molar-refractivity contribution in [2.45, 2.75) is 38.9 Å². The van der Waals surface area contributed by atoms with Gasteiger partial charge in [0.2, 0.25) is 0 Å². The first-order valence-electron chi connectivity index (χ1n) is 9.12. The predicted octanol–water partition coefficient (Wildman–Crippen LogP) is 3.48. The zero-order valence-electron chi connectivity index (χ0n) is 16.7. The number of anilines is 1. The molecule has 1 unspecified atom stereocenters. The number of aliphatic hydroxyl groups is 1. The molecule has 1 fully saturated rings. The summed E-state index contributed by atoms with van der Waals surface area (Å²) in [6.45, 7) is 7.41. The van der Waals surface area contributed by atoms with Crippen LogP contribution in [0, 0.1) is 11.9 Å². The van der Waals surface area contributed by atoms with Gasteiger partial charge in [0, 0.05) is 25.0 Å². The lowest BCUT2D eigenvalue weighted by atomic mass is 10.1. The zero-order valence-corrected chi connectivity index (χ0v) is 18.3. The largest absolute Gasteiger partial charge is 0.444 e. The lowest BCUT2D eigenvalue weighted by molar-refractivity contribution is -0.000274. The summed E-state index contributed by atoms with van der Waals surface area (Å²) in [5.41, 5.74) is -1.77. The highest BCUT2D eigenvalue weighted by molar-refractivity contribution is 9.10. The van der Waals surface area contributed by atoms with Crippen molar-refractivity contribution in [2.24, 2.45) is 0 Å². The van der Waals surface area contributed by atoms with E-state index >= 15 is 0 Å². The van der Waals surface area contributed by atoms with Crippen LogP contribution in [0.4, 0.5) is 19.4 Å². The monoisotopic (exact) mass is 472 g/mol. The van der Waals surface area contributed by atoms with E-state index in [-0.39, 0.29) is 42.0 Å². The number of carbonyl (C=O) groups excluding carboxylic acids is 1. The van der Waals surface area contributed by atoms with Crippen LogP contribution in [0.3, 0.4) is 0 Å². The average Bonchev–Trinajstić information content (AvgIpc) is 2.72. The Morgan fingerprint density at radius 1 is 1.24 bits per heavy atom. The smallest absolute Gasteiger partial charge is 0.410 e. The normalized spacial score (nSPS) is 20.7. The first-order chi connectivity index (χ1) is 13.3. The molecule has 1 aliphatic heterocycles. The second-order valence-corrected chi connectivity index (χ2v) is 9.27. The Morgan fingerprint density at radius 3 is 2.59 bits per heavy atom. The van der Waals surface area contributed by atoms with E-state index in [4.69, 9.17) is 4.74 Å². The molecule has 29 heavy (non-hydrogen) atoms. The third kappa shape index (κ3) is 5.11. The number of rotatable bonds is 1. The number of ether oxygens (including phenoxy) is 1. The quantitative estimate of drug-likeness (QED) is 0.640. The van der Waals surface area contributed by atoms with Crippen molar-refractivity contribution in [2.75, 3.05) is 31.1 Å². The molecule has 0 bridgehead atoms. The lowest BCUT2D eigenvalue weighted by Crippen LogP contribution is -2.47. The van der Waals surface area contributed by atoms with E-state index in [2.05, 4.69) is 25.9 Å². The highest BCUT2D eigenvalue weighted by Crippen LogP contribution is 2.30. The van der Waals surface area contributed by atoms with Crippen molar-refractivity contribution in [3.63, 3.8) is 0 Å². The van der Waals surface area contributed by atoms with Gasteiger partial charge in [-0.25, -0.2) is 14.2 Å². The van der Waals surface area contributed by atoms with Gasteiger partial charge in [0.05, 0.1) is 22.1 Å². The number of benzene rings is 1. The van der Waals surface area contributed by atoms with Gasteiger partial charge >= 0.3 is 12.2 Å². The van der Waals surface area contributed by atoms with Gasteiger partial charge in [-0.3, -0.25) is 0 Å². The number of nitrogens with zero attached hydrogens (tertiary/aromatic N) is 4. The number of amides is 1. The summed E-state index contributed by atoms with van der Waals surface area (Å²) in [6.07, 6.45) is -1.51. The van der Waals surface area contributed by atoms with Gasteiger partial charge in [0.1, 0.15) is 17.2 Å². The standard InChI is InChI=1S/C19H23BrF2N4O3/c1-18(2,3)29-17(27)26-6-5-25(9-19(4,28)10-26)15-11-7-13(21)12(20)8-14(11)23-16(22)24-15/h7-8,28H,5-6,9-10H2,1-4H3. The number of carbonyl (C=O) groups is 1. The molecule has 1 aromatic heterocycles. The summed E-state index contributed by atoms with van der Waals surface area (Å²) >= 11 is 3.07. The Hall–Kier alpha value is -2.07. The van der Waals surface area contributed by atoms with E-state index in [1.165, 1.54) is 17.0 Å². The molecule has 2 heterocycles. The van der Waals surface area contributed by atoms with E-state index in [0.717, 1.165) is 0 Å². The zero-order chi connectivity index (χ0) is 21.6. The molecule has 10 heteroatoms. The van der Waals surface area contributed by atoms with Crippen LogP contribution in [-0.2, 0) is 4.74 Å². The molecule has 7 nitrogen and oxygen atoms in total. The highest BCUT2D eigenvalue weighted by Gasteiger charge is 2.35. The minimum atomic E-state index is -1.32. The summed E-state index contributed by atoms with van der Waals surface area (Å²) in [5, 5.41) is 11.1. The van der Waals surface area contributed by atoms with Crippen molar-refractivity contribution in [3.8, 4) is 0 Å². The van der Waals surface area contributed by atoms with E-state index in [9.17, 15) is 18.7 Å². The first-order valence-corrected chi connectivity index (χ1v) is 9.91. The minimum absolute atomic E-state index is 0.0316. The first kappa shape index (κ1) is 21.6. The minimum Gasteiger partial charge on any atom is -0.444 e. The molecule has 1 saturated heterocycles. The topological polar surface area (TPSA) is 78.8 Å². The summed E-state index contributed by atoms with van der Waals surface area (Å²) < 4.78 is 33.7. The summed E-state index contributed by atoms with van der Waals surface area (Å²) in [5.74, 6) is -0.379. The lowest BCUT2D eigenvalue weighted by Gasteiger charge is -2.31. The molecule has 158 valence electrons. The molecule has 0 radical (unpaired) electrons. The second-order valence-electron chi connectivity index (χ2n) is 8.42. The van der Waals surface area contributed by atoms with Crippen LogP contribution >= 0.6 is 15.9 Å². The van der Waals surface area contributed by atoms with Gasteiger partial charge in [0.25, 0.3) is 0 Å². The fourth-order valence-electron chi connectivity index (χ4n) is 3.26. The summed E-state index contributed by atoms with van der Waals surface area (Å²) in [6, 6.07) is 2.60. The molecular formula is C19H23BrF2N4O3. The number of fused-ring (bicyclic) bond motifs is 1. The SMILES string of the molecule is CC1(O)CN(C(=O)OC(C)(C)C)CCN(c2nc(F)nc3cc(Br)c(F)cc23)C1. The van der Waals surface area contributed by atoms with Crippen LogP contribution in [0.5, 0.6) is 0 Å². The maximum atomic E-state index is 14.1. The van der Waals surface area contributed by atoms with Gasteiger partial charge in [0.15, 0.2) is 0 Å². The molecule has 3 rings (SSSR count). The average molecular weight is 473 g/mol. The highest BCUT2D eigenvalue weighted by atomic mass is 79.9. The third-order valence-electron chi connectivity index (χ3n) is 4.34. The predicted molar refractivity (Wildman–Crippen MR) is 108 cm³/mol. The molecular weight excluding hydrogens is 450 g/mol. The molecule has 0 saturated carbocycles. The Balaban J connectivity index is 1.96. The van der Waals surface area contributed by atoms with Gasteiger partial charge < -0.3 is 19.6 Å². The Morgan fingerprint density at radius 2 is 1.93 bits per heavy atom. The van der Waals surface area contributed by atoms with Crippen LogP contribution in [0.25, 0.3) is 10.9 Å². The molecule has 1 aliphatic rings. The van der Waals surface area contributed by atoms with Crippen molar-refractivity contribution < 1.29 is 23.4 Å². The second kappa shape index (κ2) is 7.64. The van der Waals surface area contributed by atoms with Crippen LogP contribution < -0.4 is 4.90 Å². The fourth-order valence-corrected chi connectivity index (χ4v) is 3.59. The van der Waals surface area contributed by atoms with Crippen LogP contribution in [-0.4, -0.2) is 63.4 Å². The summed E-state index contributed by atoms with van der Waals surface area (Å²) in [4.78, 5) is 23.1. The number of β-amino-alcohol motifs (C(OH)–C–C–N with tert-alkyl or cyclic N) is 1. The Bertz CT molecular complexity index is 949. The van der Waals surface area contributed by atoms with Crippen molar-refractivity contribution >= 4 is 38.7 Å². The van der Waals surface area contributed by atoms with Crippen molar-refractivity contribution in [3.05, 3.63) is 28.5 Å². The Labute approximate surface area is 175 Å². The van der Waals surface area contributed by atoms with Gasteiger partial charge in [-0.15, -0.1) is 0 Å². The molecule has 1 N–H and O–H groups in total. The fraction of sp³-hybridized carbons (Fsp3) is 0.526. The molecule has 0 aliphatic carbocycles. The molecule has 1 aromatic carbocycles. The number of aromatic nitrogens is 2. The van der Waals surface area contributed by atoms with E-state index in [0.29, 0.717) is 5.39 Å².